The molecule has 3 aliphatic rings. The Hall–Kier alpha value is -1.94. The van der Waals surface area contributed by atoms with Crippen molar-refractivity contribution >= 4 is 33.3 Å². The maximum atomic E-state index is 12.8. The van der Waals surface area contributed by atoms with Gasteiger partial charge in [0, 0.05) is 31.1 Å². The smallest absolute Gasteiger partial charge is 0.355 e. The number of hydrogen-bond donors (Lipinski definition) is 1. The maximum absolute atomic E-state index is 12.8. The lowest BCUT2D eigenvalue weighted by Gasteiger charge is -2.35. The van der Waals surface area contributed by atoms with E-state index in [9.17, 15) is 18.0 Å². The van der Waals surface area contributed by atoms with Crippen LogP contribution in [0.15, 0.2) is 12.4 Å². The zero-order valence-corrected chi connectivity index (χ0v) is 17.3. The van der Waals surface area contributed by atoms with Gasteiger partial charge in [0.25, 0.3) is 0 Å². The Morgan fingerprint density at radius 2 is 2.03 bits per heavy atom. The summed E-state index contributed by atoms with van der Waals surface area (Å²) in [5, 5.41) is 3.99. The summed E-state index contributed by atoms with van der Waals surface area (Å²) in [6.07, 6.45) is -0.824. The van der Waals surface area contributed by atoms with Crippen molar-refractivity contribution < 1.29 is 18.0 Å². The number of hydrogen-bond acceptors (Lipinski definition) is 6. The molecule has 0 bridgehead atoms. The highest BCUT2D eigenvalue weighted by Crippen LogP contribution is 2.38. The summed E-state index contributed by atoms with van der Waals surface area (Å²) in [6, 6.07) is 1.55. The fourth-order valence-corrected chi connectivity index (χ4v) is 6.11. The van der Waals surface area contributed by atoms with E-state index in [1.165, 1.54) is 6.33 Å². The monoisotopic (exact) mass is 439 g/mol. The number of carbonyl (C=O) groups excluding carboxylic acids is 1. The Morgan fingerprint density at radius 1 is 1.20 bits per heavy atom. The normalized spacial score (nSPS) is 27.1. The number of nitrogens with zero attached hydrogens (tertiary/aromatic N) is 4. The Kier molecular flexibility index (Phi) is 5.09. The molecule has 1 unspecified atom stereocenters. The summed E-state index contributed by atoms with van der Waals surface area (Å²) in [6.45, 7) is 4.02. The number of anilines is 1. The van der Waals surface area contributed by atoms with Gasteiger partial charge in [0.05, 0.1) is 17.8 Å². The minimum Gasteiger partial charge on any atom is -0.355 e. The average Bonchev–Trinajstić information content (AvgIpc) is 3.43. The van der Waals surface area contributed by atoms with Gasteiger partial charge in [-0.2, -0.15) is 13.2 Å². The van der Waals surface area contributed by atoms with E-state index in [2.05, 4.69) is 20.2 Å². The predicted molar refractivity (Wildman–Crippen MR) is 109 cm³/mol. The first kappa shape index (κ1) is 20.0. The molecule has 162 valence electrons. The summed E-state index contributed by atoms with van der Waals surface area (Å²) >= 11 is 1.08. The topological polar surface area (TPSA) is 61.4 Å². The maximum Gasteiger partial charge on any atom is 0.393 e. The number of thiophene rings is 1. The van der Waals surface area contributed by atoms with E-state index in [0.717, 1.165) is 69.1 Å². The van der Waals surface area contributed by atoms with Crippen LogP contribution in [0.25, 0.3) is 10.2 Å². The van der Waals surface area contributed by atoms with Crippen LogP contribution in [0, 0.1) is 11.8 Å². The van der Waals surface area contributed by atoms with Crippen molar-refractivity contribution in [2.45, 2.75) is 37.9 Å². The van der Waals surface area contributed by atoms with Gasteiger partial charge in [-0.15, -0.1) is 11.3 Å². The molecule has 3 aliphatic heterocycles. The van der Waals surface area contributed by atoms with Crippen molar-refractivity contribution in [1.82, 2.24) is 20.2 Å². The summed E-state index contributed by atoms with van der Waals surface area (Å²) in [5.41, 5.74) is 0. The lowest BCUT2D eigenvalue weighted by molar-refractivity contribution is -0.135. The highest BCUT2D eigenvalue weighted by Gasteiger charge is 2.40. The molecule has 5 heterocycles. The molecule has 30 heavy (non-hydrogen) atoms. The Labute approximate surface area is 176 Å². The second-order valence-electron chi connectivity index (χ2n) is 8.57. The van der Waals surface area contributed by atoms with Crippen LogP contribution in [0.5, 0.6) is 0 Å². The number of carbonyl (C=O) groups is 1. The number of aromatic nitrogens is 2. The highest BCUT2D eigenvalue weighted by atomic mass is 32.1. The largest absolute Gasteiger partial charge is 0.393 e. The summed E-state index contributed by atoms with van der Waals surface area (Å²) < 4.78 is 38.4. The van der Waals surface area contributed by atoms with Crippen molar-refractivity contribution in [3.8, 4) is 0 Å². The van der Waals surface area contributed by atoms with Crippen LogP contribution < -0.4 is 10.2 Å². The van der Waals surface area contributed by atoms with E-state index in [1.807, 2.05) is 4.90 Å². The van der Waals surface area contributed by atoms with E-state index in [1.54, 1.807) is 6.07 Å². The van der Waals surface area contributed by atoms with Crippen LogP contribution in [-0.4, -0.2) is 65.7 Å². The molecule has 0 saturated carbocycles. The second-order valence-corrected chi connectivity index (χ2v) is 9.68. The van der Waals surface area contributed by atoms with Gasteiger partial charge in [-0.3, -0.25) is 4.79 Å². The summed E-state index contributed by atoms with van der Waals surface area (Å²) in [7, 11) is 0. The van der Waals surface area contributed by atoms with E-state index < -0.39 is 12.6 Å². The quantitative estimate of drug-likeness (QED) is 0.797. The Balaban J connectivity index is 1.32. The lowest BCUT2D eigenvalue weighted by Crippen LogP contribution is -2.49. The minimum absolute atomic E-state index is 0.0431. The van der Waals surface area contributed by atoms with Crippen LogP contribution in [0.2, 0.25) is 0 Å². The highest BCUT2D eigenvalue weighted by molar-refractivity contribution is 7.18. The van der Waals surface area contributed by atoms with Gasteiger partial charge in [-0.05, 0) is 43.7 Å². The molecular formula is C20H24F3N5OS. The van der Waals surface area contributed by atoms with Crippen LogP contribution in [0.4, 0.5) is 19.0 Å². The van der Waals surface area contributed by atoms with Crippen LogP contribution >= 0.6 is 11.3 Å². The van der Waals surface area contributed by atoms with E-state index in [0.29, 0.717) is 22.1 Å². The fourth-order valence-electron chi connectivity index (χ4n) is 5.09. The molecule has 6 nitrogen and oxygen atoms in total. The zero-order valence-electron chi connectivity index (χ0n) is 16.5. The van der Waals surface area contributed by atoms with E-state index in [4.69, 9.17) is 0 Å². The number of alkyl halides is 3. The van der Waals surface area contributed by atoms with Gasteiger partial charge in [-0.25, -0.2) is 9.97 Å². The molecule has 0 spiro atoms. The van der Waals surface area contributed by atoms with Gasteiger partial charge in [0.1, 0.15) is 17.0 Å². The molecule has 3 fully saturated rings. The zero-order chi connectivity index (χ0) is 20.9. The number of halogens is 3. The SMILES string of the molecule is O=C(C1CCCN1)N1CC[C@@H]2CN(c3ncnc4sc(CC(F)(F)F)cc34)C[C@@H]2C1. The first-order chi connectivity index (χ1) is 14.4. The number of fused-ring (bicyclic) bond motifs is 2. The number of nitrogens with one attached hydrogen (secondary N) is 1. The van der Waals surface area contributed by atoms with Crippen LogP contribution in [-0.2, 0) is 11.2 Å². The second kappa shape index (κ2) is 7.64. The minimum atomic E-state index is -4.23. The molecule has 5 rings (SSSR count). The third-order valence-corrected chi connectivity index (χ3v) is 7.55. The van der Waals surface area contributed by atoms with Crippen molar-refractivity contribution in [3.05, 3.63) is 17.3 Å². The number of piperidine rings is 1. The third kappa shape index (κ3) is 3.87. The van der Waals surface area contributed by atoms with Gasteiger partial charge in [0.15, 0.2) is 0 Å². The number of likely N-dealkylation sites (tertiary alicyclic amines) is 1. The molecular weight excluding hydrogens is 415 g/mol. The summed E-state index contributed by atoms with van der Waals surface area (Å²) in [5.74, 6) is 1.77. The fraction of sp³-hybridized carbons (Fsp3) is 0.650. The predicted octanol–water partition coefficient (Wildman–Crippen LogP) is 2.83. The molecule has 1 amide bonds. The van der Waals surface area contributed by atoms with Crippen molar-refractivity contribution in [3.63, 3.8) is 0 Å². The molecule has 2 aromatic rings. The Morgan fingerprint density at radius 3 is 2.80 bits per heavy atom. The summed E-state index contributed by atoms with van der Waals surface area (Å²) in [4.78, 5) is 26.4. The number of rotatable bonds is 3. The van der Waals surface area contributed by atoms with Gasteiger partial charge in [-0.1, -0.05) is 0 Å². The van der Waals surface area contributed by atoms with Gasteiger partial charge < -0.3 is 15.1 Å². The molecule has 0 radical (unpaired) electrons. The molecule has 0 aromatic carbocycles. The number of amides is 1. The molecule has 1 N–H and O–H groups in total. The van der Waals surface area contributed by atoms with Crippen LogP contribution in [0.3, 0.4) is 0 Å². The van der Waals surface area contributed by atoms with Crippen molar-refractivity contribution in [2.75, 3.05) is 37.6 Å². The first-order valence-electron chi connectivity index (χ1n) is 10.4. The Bertz CT molecular complexity index is 942. The molecule has 3 saturated heterocycles. The molecule has 3 atom stereocenters. The van der Waals surface area contributed by atoms with Crippen molar-refractivity contribution in [2.24, 2.45) is 11.8 Å². The third-order valence-electron chi connectivity index (χ3n) is 6.50. The first-order valence-corrected chi connectivity index (χ1v) is 11.3. The van der Waals surface area contributed by atoms with E-state index in [-0.39, 0.29) is 16.8 Å². The van der Waals surface area contributed by atoms with Gasteiger partial charge in [0.2, 0.25) is 5.91 Å². The molecule has 2 aromatic heterocycles. The van der Waals surface area contributed by atoms with Crippen molar-refractivity contribution in [1.29, 1.82) is 0 Å². The standard InChI is InChI=1S/C20H24F3N5OS/c21-20(22,23)7-14-6-15-17(25-11-26-18(15)30-14)28-8-12-3-5-27(9-13(12)10-28)19(29)16-2-1-4-24-16/h6,11-13,16,24H,1-5,7-10H2/t12-,13+,16?/m1/s1. The molecule has 0 aliphatic carbocycles. The lowest BCUT2D eigenvalue weighted by atomic mass is 9.88. The van der Waals surface area contributed by atoms with E-state index >= 15 is 0 Å². The average molecular weight is 440 g/mol. The van der Waals surface area contributed by atoms with Gasteiger partial charge >= 0.3 is 6.18 Å². The molecule has 10 heteroatoms. The van der Waals surface area contributed by atoms with Crippen LogP contribution in [0.1, 0.15) is 24.1 Å².